The summed E-state index contributed by atoms with van der Waals surface area (Å²) >= 11 is 5.91. The Kier molecular flexibility index (Phi) is 2.52. The van der Waals surface area contributed by atoms with Crippen molar-refractivity contribution in [3.05, 3.63) is 34.9 Å². The van der Waals surface area contributed by atoms with Gasteiger partial charge in [-0.15, -0.1) is 0 Å². The SMILES string of the molecule is CC1(C)CO[C@@H](c2cccc(Cl)c2)N1. The summed E-state index contributed by atoms with van der Waals surface area (Å²) in [4.78, 5) is 0. The molecule has 0 radical (unpaired) electrons. The number of rotatable bonds is 1. The highest BCUT2D eigenvalue weighted by Crippen LogP contribution is 2.27. The molecule has 1 aliphatic rings. The van der Waals surface area contributed by atoms with E-state index in [9.17, 15) is 0 Å². The first-order valence-electron chi connectivity index (χ1n) is 4.72. The zero-order chi connectivity index (χ0) is 10.2. The molecule has 1 heterocycles. The molecule has 1 saturated heterocycles. The fourth-order valence-electron chi connectivity index (χ4n) is 1.58. The molecule has 2 nitrogen and oxygen atoms in total. The molecule has 1 aliphatic heterocycles. The quantitative estimate of drug-likeness (QED) is 0.772. The van der Waals surface area contributed by atoms with Crippen molar-refractivity contribution < 1.29 is 4.74 Å². The van der Waals surface area contributed by atoms with Gasteiger partial charge >= 0.3 is 0 Å². The van der Waals surface area contributed by atoms with Crippen molar-refractivity contribution in [3.8, 4) is 0 Å². The highest BCUT2D eigenvalue weighted by Gasteiger charge is 2.31. The first-order valence-corrected chi connectivity index (χ1v) is 5.09. The second-order valence-corrected chi connectivity index (χ2v) is 4.71. The molecule has 3 heteroatoms. The predicted octanol–water partition coefficient (Wildman–Crippen LogP) is 2.74. The fourth-order valence-corrected chi connectivity index (χ4v) is 1.78. The molecule has 1 aromatic rings. The van der Waals surface area contributed by atoms with E-state index in [-0.39, 0.29) is 11.8 Å². The first kappa shape index (κ1) is 9.97. The van der Waals surface area contributed by atoms with Crippen molar-refractivity contribution in [1.29, 1.82) is 0 Å². The average molecular weight is 212 g/mol. The van der Waals surface area contributed by atoms with Crippen molar-refractivity contribution in [2.45, 2.75) is 25.6 Å². The van der Waals surface area contributed by atoms with E-state index in [4.69, 9.17) is 16.3 Å². The van der Waals surface area contributed by atoms with Crippen LogP contribution in [-0.2, 0) is 4.74 Å². The van der Waals surface area contributed by atoms with Crippen LogP contribution in [0.4, 0.5) is 0 Å². The maximum absolute atomic E-state index is 5.91. The Labute approximate surface area is 89.2 Å². The molecule has 1 atom stereocenters. The average Bonchev–Trinajstić information content (AvgIpc) is 2.46. The van der Waals surface area contributed by atoms with Gasteiger partial charge in [0, 0.05) is 10.6 Å². The minimum Gasteiger partial charge on any atom is -0.357 e. The predicted molar refractivity (Wildman–Crippen MR) is 57.4 cm³/mol. The first-order chi connectivity index (χ1) is 6.57. The number of ether oxygens (including phenoxy) is 1. The highest BCUT2D eigenvalue weighted by molar-refractivity contribution is 6.30. The van der Waals surface area contributed by atoms with E-state index in [0.29, 0.717) is 0 Å². The monoisotopic (exact) mass is 211 g/mol. The molecule has 14 heavy (non-hydrogen) atoms. The van der Waals surface area contributed by atoms with Crippen molar-refractivity contribution >= 4 is 11.6 Å². The molecule has 0 aliphatic carbocycles. The summed E-state index contributed by atoms with van der Waals surface area (Å²) in [5, 5.41) is 4.14. The number of benzene rings is 1. The summed E-state index contributed by atoms with van der Waals surface area (Å²) in [7, 11) is 0. The van der Waals surface area contributed by atoms with Crippen LogP contribution in [0.2, 0.25) is 5.02 Å². The Morgan fingerprint density at radius 1 is 1.50 bits per heavy atom. The van der Waals surface area contributed by atoms with Gasteiger partial charge < -0.3 is 4.74 Å². The molecule has 0 spiro atoms. The third-order valence-electron chi connectivity index (χ3n) is 2.28. The Hall–Kier alpha value is -0.570. The van der Waals surface area contributed by atoms with Crippen LogP contribution in [-0.4, -0.2) is 12.1 Å². The lowest BCUT2D eigenvalue weighted by atomic mass is 10.1. The lowest BCUT2D eigenvalue weighted by Gasteiger charge is -2.17. The lowest BCUT2D eigenvalue weighted by molar-refractivity contribution is 0.0989. The number of halogens is 1. The van der Waals surface area contributed by atoms with Gasteiger partial charge in [-0.2, -0.15) is 0 Å². The maximum Gasteiger partial charge on any atom is 0.134 e. The molecule has 0 amide bonds. The Bertz CT molecular complexity index is 338. The summed E-state index contributed by atoms with van der Waals surface area (Å²) in [5.41, 5.74) is 1.13. The zero-order valence-electron chi connectivity index (χ0n) is 8.38. The number of nitrogens with one attached hydrogen (secondary N) is 1. The highest BCUT2D eigenvalue weighted by atomic mass is 35.5. The summed E-state index contributed by atoms with van der Waals surface area (Å²) < 4.78 is 5.64. The van der Waals surface area contributed by atoms with E-state index in [0.717, 1.165) is 17.2 Å². The van der Waals surface area contributed by atoms with Gasteiger partial charge in [0.2, 0.25) is 0 Å². The van der Waals surface area contributed by atoms with Crippen LogP contribution >= 0.6 is 11.6 Å². The molecule has 0 saturated carbocycles. The third-order valence-corrected chi connectivity index (χ3v) is 2.52. The molecule has 0 bridgehead atoms. The summed E-state index contributed by atoms with van der Waals surface area (Å²) in [6, 6.07) is 7.75. The topological polar surface area (TPSA) is 21.3 Å². The molecule has 76 valence electrons. The molecule has 0 unspecified atom stereocenters. The third kappa shape index (κ3) is 2.08. The van der Waals surface area contributed by atoms with Crippen molar-refractivity contribution in [2.75, 3.05) is 6.61 Å². The van der Waals surface area contributed by atoms with Crippen molar-refractivity contribution in [3.63, 3.8) is 0 Å². The van der Waals surface area contributed by atoms with Gasteiger partial charge in [-0.25, -0.2) is 0 Å². The lowest BCUT2D eigenvalue weighted by Crippen LogP contribution is -2.35. The minimum absolute atomic E-state index is 0.0244. The molecule has 1 aromatic carbocycles. The molecule has 1 N–H and O–H groups in total. The van der Waals surface area contributed by atoms with Gasteiger partial charge in [-0.05, 0) is 31.5 Å². The summed E-state index contributed by atoms with van der Waals surface area (Å²) in [5.74, 6) is 0. The van der Waals surface area contributed by atoms with Gasteiger partial charge in [0.25, 0.3) is 0 Å². The maximum atomic E-state index is 5.91. The Morgan fingerprint density at radius 2 is 2.29 bits per heavy atom. The standard InChI is InChI=1S/C11H14ClNO/c1-11(2)7-14-10(13-11)8-4-3-5-9(12)6-8/h3-6,10,13H,7H2,1-2H3/t10-/m0/s1. The normalized spacial score (nSPS) is 25.2. The van der Waals surface area contributed by atoms with E-state index in [1.165, 1.54) is 0 Å². The van der Waals surface area contributed by atoms with Gasteiger partial charge in [-0.3, -0.25) is 5.32 Å². The summed E-state index contributed by atoms with van der Waals surface area (Å²) in [6.07, 6.45) is -0.0244. The van der Waals surface area contributed by atoms with Gasteiger partial charge in [0.05, 0.1) is 6.61 Å². The van der Waals surface area contributed by atoms with Crippen LogP contribution < -0.4 is 5.32 Å². The van der Waals surface area contributed by atoms with E-state index in [2.05, 4.69) is 19.2 Å². The molecule has 2 rings (SSSR count). The van der Waals surface area contributed by atoms with Crippen LogP contribution in [0.1, 0.15) is 25.6 Å². The van der Waals surface area contributed by atoms with Crippen LogP contribution in [0.5, 0.6) is 0 Å². The van der Waals surface area contributed by atoms with E-state index < -0.39 is 0 Å². The second-order valence-electron chi connectivity index (χ2n) is 4.27. The smallest absolute Gasteiger partial charge is 0.134 e. The van der Waals surface area contributed by atoms with Crippen LogP contribution in [0, 0.1) is 0 Å². The van der Waals surface area contributed by atoms with E-state index in [1.54, 1.807) is 0 Å². The Balaban J connectivity index is 2.17. The largest absolute Gasteiger partial charge is 0.357 e. The molecular formula is C11H14ClNO. The van der Waals surface area contributed by atoms with E-state index >= 15 is 0 Å². The molecule has 0 aromatic heterocycles. The minimum atomic E-state index is -0.0244. The van der Waals surface area contributed by atoms with Crippen molar-refractivity contribution in [2.24, 2.45) is 0 Å². The van der Waals surface area contributed by atoms with Crippen LogP contribution in [0.3, 0.4) is 0 Å². The molecule has 1 fully saturated rings. The van der Waals surface area contributed by atoms with Gasteiger partial charge in [0.15, 0.2) is 0 Å². The van der Waals surface area contributed by atoms with Gasteiger partial charge in [0.1, 0.15) is 6.23 Å². The number of hydrogen-bond acceptors (Lipinski definition) is 2. The van der Waals surface area contributed by atoms with Gasteiger partial charge in [-0.1, -0.05) is 23.7 Å². The second kappa shape index (κ2) is 3.54. The van der Waals surface area contributed by atoms with Crippen molar-refractivity contribution in [1.82, 2.24) is 5.32 Å². The molecular weight excluding hydrogens is 198 g/mol. The Morgan fingerprint density at radius 3 is 2.86 bits per heavy atom. The summed E-state index contributed by atoms with van der Waals surface area (Å²) in [6.45, 7) is 4.97. The van der Waals surface area contributed by atoms with Crippen LogP contribution in [0.25, 0.3) is 0 Å². The van der Waals surface area contributed by atoms with E-state index in [1.807, 2.05) is 24.3 Å². The zero-order valence-corrected chi connectivity index (χ0v) is 9.14. The number of hydrogen-bond donors (Lipinski definition) is 1. The fraction of sp³-hybridized carbons (Fsp3) is 0.455. The van der Waals surface area contributed by atoms with Crippen LogP contribution in [0.15, 0.2) is 24.3 Å².